The van der Waals surface area contributed by atoms with Gasteiger partial charge in [-0.1, -0.05) is 18.2 Å². The first kappa shape index (κ1) is 17.1. The maximum absolute atomic E-state index is 12.5. The van der Waals surface area contributed by atoms with Crippen LogP contribution in [0.5, 0.6) is 0 Å². The molecule has 3 aromatic rings. The number of sulfonamides is 1. The number of fused-ring (bicyclic) bond motifs is 1. The summed E-state index contributed by atoms with van der Waals surface area (Å²) in [5.41, 5.74) is 1.95. The summed E-state index contributed by atoms with van der Waals surface area (Å²) in [6, 6.07) is 13.5. The molecule has 0 saturated carbocycles. The summed E-state index contributed by atoms with van der Waals surface area (Å²) >= 11 is 0. The zero-order chi connectivity index (χ0) is 18.0. The highest BCUT2D eigenvalue weighted by Gasteiger charge is 2.16. The van der Waals surface area contributed by atoms with Crippen LogP contribution in [0.3, 0.4) is 0 Å². The fourth-order valence-corrected chi connectivity index (χ4v) is 3.36. The van der Waals surface area contributed by atoms with Gasteiger partial charge in [0, 0.05) is 12.1 Å². The summed E-state index contributed by atoms with van der Waals surface area (Å²) in [4.78, 5) is 17.0. The van der Waals surface area contributed by atoms with Crippen LogP contribution in [0.25, 0.3) is 11.0 Å². The highest BCUT2D eigenvalue weighted by atomic mass is 32.2. The number of hydrogen-bond acceptors (Lipinski definition) is 4. The number of aromatic nitrogens is 2. The van der Waals surface area contributed by atoms with E-state index < -0.39 is 15.9 Å². The van der Waals surface area contributed by atoms with E-state index in [4.69, 9.17) is 0 Å². The third-order valence-electron chi connectivity index (χ3n) is 3.87. The van der Waals surface area contributed by atoms with Gasteiger partial charge < -0.3 is 4.57 Å². The molecule has 8 heteroatoms. The lowest BCUT2D eigenvalue weighted by molar-refractivity contribution is 0.102. The zero-order valence-corrected chi connectivity index (χ0v) is 14.7. The van der Waals surface area contributed by atoms with E-state index >= 15 is 0 Å². The molecule has 2 aromatic carbocycles. The van der Waals surface area contributed by atoms with Crippen molar-refractivity contribution in [1.29, 1.82) is 0 Å². The average molecular weight is 358 g/mol. The number of carbonyl (C=O) groups excluding carboxylic acids is 1. The number of imidazole rings is 1. The Hall–Kier alpha value is -2.71. The summed E-state index contributed by atoms with van der Waals surface area (Å²) in [5.74, 6) is 0.00809. The van der Waals surface area contributed by atoms with Crippen LogP contribution in [0, 0.1) is 0 Å². The van der Waals surface area contributed by atoms with Crippen molar-refractivity contribution < 1.29 is 13.2 Å². The number of nitrogens with one attached hydrogen (secondary N) is 2. The summed E-state index contributed by atoms with van der Waals surface area (Å²) in [6.45, 7) is 2.61. The number of para-hydroxylation sites is 2. The van der Waals surface area contributed by atoms with Gasteiger partial charge in [-0.25, -0.2) is 18.1 Å². The predicted octanol–water partition coefficient (Wildman–Crippen LogP) is 2.22. The standard InChI is InChI=1S/C17H18N4O3S/c1-3-21-15-10-5-4-9-14(15)19-17(21)20-16(22)12-7-6-8-13(11-12)25(23,24)18-2/h4-11,18H,3H2,1-2H3,(H,19,20,22). The molecule has 2 N–H and O–H groups in total. The van der Waals surface area contributed by atoms with Crippen LogP contribution in [0.15, 0.2) is 53.4 Å². The van der Waals surface area contributed by atoms with Crippen LogP contribution in [-0.4, -0.2) is 30.9 Å². The third-order valence-corrected chi connectivity index (χ3v) is 5.28. The Kier molecular flexibility index (Phi) is 4.56. The number of hydrogen-bond donors (Lipinski definition) is 2. The Balaban J connectivity index is 1.95. The maximum Gasteiger partial charge on any atom is 0.258 e. The normalized spacial score (nSPS) is 11.6. The highest BCUT2D eigenvalue weighted by Crippen LogP contribution is 2.20. The van der Waals surface area contributed by atoms with Crippen molar-refractivity contribution in [2.75, 3.05) is 12.4 Å². The Labute approximate surface area is 145 Å². The first-order valence-corrected chi connectivity index (χ1v) is 9.25. The zero-order valence-electron chi connectivity index (χ0n) is 13.9. The largest absolute Gasteiger partial charge is 0.310 e. The molecule has 0 spiro atoms. The van der Waals surface area contributed by atoms with Gasteiger partial charge in [0.1, 0.15) is 0 Å². The van der Waals surface area contributed by atoms with Gasteiger partial charge in [0.2, 0.25) is 16.0 Å². The highest BCUT2D eigenvalue weighted by molar-refractivity contribution is 7.89. The second-order valence-electron chi connectivity index (χ2n) is 5.36. The second-order valence-corrected chi connectivity index (χ2v) is 7.24. The molecule has 0 aliphatic carbocycles. The van der Waals surface area contributed by atoms with Crippen molar-refractivity contribution in [2.24, 2.45) is 0 Å². The molecular weight excluding hydrogens is 340 g/mol. The molecule has 3 rings (SSSR count). The lowest BCUT2D eigenvalue weighted by Crippen LogP contribution is -2.20. The molecule has 1 amide bonds. The number of benzene rings is 2. The van der Waals surface area contributed by atoms with Crippen molar-refractivity contribution in [1.82, 2.24) is 14.3 Å². The average Bonchev–Trinajstić information content (AvgIpc) is 2.98. The number of anilines is 1. The van der Waals surface area contributed by atoms with Crippen LogP contribution in [-0.2, 0) is 16.6 Å². The van der Waals surface area contributed by atoms with E-state index in [0.29, 0.717) is 12.5 Å². The maximum atomic E-state index is 12.5. The Bertz CT molecular complexity index is 1040. The lowest BCUT2D eigenvalue weighted by Gasteiger charge is -2.09. The number of aryl methyl sites for hydroxylation is 1. The van der Waals surface area contributed by atoms with Crippen molar-refractivity contribution in [3.8, 4) is 0 Å². The molecule has 0 atom stereocenters. The number of nitrogens with zero attached hydrogens (tertiary/aromatic N) is 2. The predicted molar refractivity (Wildman–Crippen MR) is 96.0 cm³/mol. The van der Waals surface area contributed by atoms with E-state index in [-0.39, 0.29) is 10.5 Å². The van der Waals surface area contributed by atoms with Crippen molar-refractivity contribution in [2.45, 2.75) is 18.4 Å². The molecule has 1 heterocycles. The molecule has 0 unspecified atom stereocenters. The van der Waals surface area contributed by atoms with Crippen LogP contribution in [0.1, 0.15) is 17.3 Å². The second kappa shape index (κ2) is 6.66. The van der Waals surface area contributed by atoms with Crippen LogP contribution in [0.2, 0.25) is 0 Å². The van der Waals surface area contributed by atoms with Crippen LogP contribution >= 0.6 is 0 Å². The van der Waals surface area contributed by atoms with Crippen LogP contribution < -0.4 is 10.0 Å². The Morgan fingerprint density at radius 3 is 2.64 bits per heavy atom. The summed E-state index contributed by atoms with van der Waals surface area (Å²) in [5, 5.41) is 2.76. The van der Waals surface area contributed by atoms with Crippen molar-refractivity contribution >= 4 is 32.9 Å². The van der Waals surface area contributed by atoms with Gasteiger partial charge in [-0.15, -0.1) is 0 Å². The lowest BCUT2D eigenvalue weighted by atomic mass is 10.2. The van der Waals surface area contributed by atoms with E-state index in [0.717, 1.165) is 11.0 Å². The number of rotatable bonds is 5. The topological polar surface area (TPSA) is 93.1 Å². The van der Waals surface area contributed by atoms with Gasteiger partial charge in [-0.05, 0) is 44.3 Å². The van der Waals surface area contributed by atoms with Crippen molar-refractivity contribution in [3.63, 3.8) is 0 Å². The van der Waals surface area contributed by atoms with Crippen LogP contribution in [0.4, 0.5) is 5.95 Å². The first-order valence-electron chi connectivity index (χ1n) is 7.76. The third kappa shape index (κ3) is 3.26. The minimum atomic E-state index is -3.61. The van der Waals surface area contributed by atoms with E-state index in [9.17, 15) is 13.2 Å². The van der Waals surface area contributed by atoms with Crippen molar-refractivity contribution in [3.05, 3.63) is 54.1 Å². The molecule has 130 valence electrons. The van der Waals surface area contributed by atoms with Gasteiger partial charge in [-0.3, -0.25) is 10.1 Å². The summed E-state index contributed by atoms with van der Waals surface area (Å²) < 4.78 is 27.9. The molecule has 0 saturated heterocycles. The first-order chi connectivity index (χ1) is 12.0. The minimum absolute atomic E-state index is 0.0339. The number of carbonyl (C=O) groups is 1. The van der Waals surface area contributed by atoms with Gasteiger partial charge in [-0.2, -0.15) is 0 Å². The minimum Gasteiger partial charge on any atom is -0.310 e. The van der Waals surface area contributed by atoms with Gasteiger partial charge in [0.25, 0.3) is 5.91 Å². The fraction of sp³-hybridized carbons (Fsp3) is 0.176. The van der Waals surface area contributed by atoms with Gasteiger partial charge in [0.15, 0.2) is 0 Å². The molecule has 25 heavy (non-hydrogen) atoms. The molecular formula is C17H18N4O3S. The summed E-state index contributed by atoms with van der Waals surface area (Å²) in [6.07, 6.45) is 0. The Morgan fingerprint density at radius 2 is 1.92 bits per heavy atom. The fourth-order valence-electron chi connectivity index (χ4n) is 2.59. The molecule has 0 aliphatic rings. The molecule has 7 nitrogen and oxygen atoms in total. The smallest absolute Gasteiger partial charge is 0.258 e. The van der Waals surface area contributed by atoms with Gasteiger partial charge >= 0.3 is 0 Å². The monoisotopic (exact) mass is 358 g/mol. The SMILES string of the molecule is CCn1c(NC(=O)c2cccc(S(=O)(=O)NC)c2)nc2ccccc21. The van der Waals surface area contributed by atoms with Gasteiger partial charge in [0.05, 0.1) is 15.9 Å². The molecule has 0 radical (unpaired) electrons. The molecule has 0 fully saturated rings. The van der Waals surface area contributed by atoms with E-state index in [2.05, 4.69) is 15.0 Å². The molecule has 0 aliphatic heterocycles. The van der Waals surface area contributed by atoms with E-state index in [1.807, 2.05) is 35.8 Å². The molecule has 1 aromatic heterocycles. The summed E-state index contributed by atoms with van der Waals surface area (Å²) in [7, 11) is -2.29. The Morgan fingerprint density at radius 1 is 1.16 bits per heavy atom. The number of amides is 1. The van der Waals surface area contributed by atoms with E-state index in [1.165, 1.54) is 25.2 Å². The quantitative estimate of drug-likeness (QED) is 0.731. The molecule has 0 bridgehead atoms. The van der Waals surface area contributed by atoms with E-state index in [1.54, 1.807) is 6.07 Å².